The summed E-state index contributed by atoms with van der Waals surface area (Å²) in [5.41, 5.74) is 9.39. The van der Waals surface area contributed by atoms with Gasteiger partial charge in [0.2, 0.25) is 0 Å². The molecule has 2 aromatic carbocycles. The van der Waals surface area contributed by atoms with Crippen LogP contribution in [0.4, 0.5) is 10.2 Å². The minimum absolute atomic E-state index is 0.305. The first-order valence-corrected chi connectivity index (χ1v) is 9.03. The van der Waals surface area contributed by atoms with E-state index in [4.69, 9.17) is 10.5 Å². The van der Waals surface area contributed by atoms with E-state index in [0.717, 1.165) is 17.0 Å². The number of aromatic nitrogens is 4. The van der Waals surface area contributed by atoms with Crippen LogP contribution in [-0.4, -0.2) is 27.1 Å². The Morgan fingerprint density at radius 1 is 1.19 bits per heavy atom. The van der Waals surface area contributed by atoms with E-state index >= 15 is 0 Å². The molecule has 4 rings (SSSR count). The second-order valence-corrected chi connectivity index (χ2v) is 6.76. The number of thiazole rings is 1. The quantitative estimate of drug-likeness (QED) is 0.576. The fourth-order valence-corrected chi connectivity index (χ4v) is 3.52. The van der Waals surface area contributed by atoms with Gasteiger partial charge in [-0.1, -0.05) is 23.4 Å². The molecule has 0 bridgehead atoms. The fourth-order valence-electron chi connectivity index (χ4n) is 2.71. The van der Waals surface area contributed by atoms with E-state index < -0.39 is 0 Å². The van der Waals surface area contributed by atoms with Gasteiger partial charge in [-0.3, -0.25) is 0 Å². The van der Waals surface area contributed by atoms with Gasteiger partial charge in [0, 0.05) is 10.9 Å². The van der Waals surface area contributed by atoms with Crippen molar-refractivity contribution in [3.63, 3.8) is 0 Å². The Morgan fingerprint density at radius 3 is 2.78 bits per heavy atom. The largest absolute Gasteiger partial charge is 0.496 e. The molecular formula is C19H16FN5OS. The SMILES string of the molecule is COc1ccccc1-c1csc(-c2nnn(-c3ccc(C)c(F)c3)c2N)n1. The molecule has 27 heavy (non-hydrogen) atoms. The van der Waals surface area contributed by atoms with Crippen molar-refractivity contribution in [1.82, 2.24) is 20.0 Å². The van der Waals surface area contributed by atoms with Crippen LogP contribution in [-0.2, 0) is 0 Å². The number of halogens is 1. The molecule has 136 valence electrons. The maximum Gasteiger partial charge on any atom is 0.165 e. The molecule has 0 amide bonds. The molecule has 0 spiro atoms. The van der Waals surface area contributed by atoms with Gasteiger partial charge in [0.15, 0.2) is 11.5 Å². The van der Waals surface area contributed by atoms with Crippen molar-refractivity contribution >= 4 is 17.2 Å². The summed E-state index contributed by atoms with van der Waals surface area (Å²) in [5.74, 6) is 0.719. The number of hydrogen-bond acceptors (Lipinski definition) is 6. The number of hydrogen-bond donors (Lipinski definition) is 1. The number of benzene rings is 2. The number of aryl methyl sites for hydroxylation is 1. The Morgan fingerprint density at radius 2 is 2.00 bits per heavy atom. The van der Waals surface area contributed by atoms with Crippen LogP contribution in [0.15, 0.2) is 47.8 Å². The van der Waals surface area contributed by atoms with Crippen molar-refractivity contribution in [3.05, 3.63) is 59.2 Å². The molecule has 2 aromatic heterocycles. The number of methoxy groups -OCH3 is 1. The zero-order chi connectivity index (χ0) is 19.0. The summed E-state index contributed by atoms with van der Waals surface area (Å²) in [7, 11) is 1.62. The second kappa shape index (κ2) is 6.81. The molecule has 0 fully saturated rings. The zero-order valence-corrected chi connectivity index (χ0v) is 15.5. The first-order chi connectivity index (χ1) is 13.1. The van der Waals surface area contributed by atoms with Gasteiger partial charge >= 0.3 is 0 Å². The van der Waals surface area contributed by atoms with Gasteiger partial charge < -0.3 is 10.5 Å². The topological polar surface area (TPSA) is 78.9 Å². The van der Waals surface area contributed by atoms with E-state index in [2.05, 4.69) is 15.3 Å². The summed E-state index contributed by atoms with van der Waals surface area (Å²) in [5, 5.41) is 10.8. The molecule has 0 saturated carbocycles. The van der Waals surface area contributed by atoms with Gasteiger partial charge in [-0.2, -0.15) is 4.68 Å². The van der Waals surface area contributed by atoms with E-state index in [0.29, 0.717) is 27.8 Å². The van der Waals surface area contributed by atoms with Gasteiger partial charge in [0.25, 0.3) is 0 Å². The molecule has 4 aromatic rings. The van der Waals surface area contributed by atoms with Crippen molar-refractivity contribution in [2.24, 2.45) is 0 Å². The third kappa shape index (κ3) is 3.04. The molecule has 0 saturated heterocycles. The monoisotopic (exact) mass is 381 g/mol. The van der Waals surface area contributed by atoms with Crippen molar-refractivity contribution in [2.75, 3.05) is 12.8 Å². The summed E-state index contributed by atoms with van der Waals surface area (Å²) in [6, 6.07) is 12.4. The van der Waals surface area contributed by atoms with E-state index in [1.54, 1.807) is 26.2 Å². The number of rotatable bonds is 4. The van der Waals surface area contributed by atoms with Gasteiger partial charge in [0.05, 0.1) is 18.5 Å². The fraction of sp³-hybridized carbons (Fsp3) is 0.105. The van der Waals surface area contributed by atoms with E-state index in [1.807, 2.05) is 29.6 Å². The Hall–Kier alpha value is -3.26. The Balaban J connectivity index is 1.72. The van der Waals surface area contributed by atoms with Crippen molar-refractivity contribution in [3.8, 4) is 33.4 Å². The van der Waals surface area contributed by atoms with E-state index in [1.165, 1.54) is 22.1 Å². The van der Waals surface area contributed by atoms with Crippen LogP contribution in [0, 0.1) is 12.7 Å². The van der Waals surface area contributed by atoms with Crippen LogP contribution in [0.25, 0.3) is 27.6 Å². The predicted molar refractivity (Wildman–Crippen MR) is 104 cm³/mol. The summed E-state index contributed by atoms with van der Waals surface area (Å²) in [4.78, 5) is 4.63. The molecule has 2 N–H and O–H groups in total. The second-order valence-electron chi connectivity index (χ2n) is 5.91. The van der Waals surface area contributed by atoms with Crippen LogP contribution < -0.4 is 10.5 Å². The van der Waals surface area contributed by atoms with Crippen LogP contribution in [0.5, 0.6) is 5.75 Å². The molecule has 2 heterocycles. The molecular weight excluding hydrogens is 365 g/mol. The minimum atomic E-state index is -0.323. The van der Waals surface area contributed by atoms with Gasteiger partial charge in [-0.15, -0.1) is 16.4 Å². The molecule has 0 unspecified atom stereocenters. The molecule has 0 aliphatic rings. The smallest absolute Gasteiger partial charge is 0.165 e. The van der Waals surface area contributed by atoms with Gasteiger partial charge in [-0.25, -0.2) is 9.37 Å². The standard InChI is InChI=1S/C19H16FN5OS/c1-11-7-8-12(9-14(11)20)25-18(21)17(23-24-25)19-22-15(10-27-19)13-5-3-4-6-16(13)26-2/h3-10H,21H2,1-2H3. The van der Waals surface area contributed by atoms with E-state index in [9.17, 15) is 4.39 Å². The lowest BCUT2D eigenvalue weighted by atomic mass is 10.1. The number of ether oxygens (including phenoxy) is 1. The lowest BCUT2D eigenvalue weighted by Crippen LogP contribution is -2.03. The molecule has 0 aliphatic heterocycles. The van der Waals surface area contributed by atoms with Crippen molar-refractivity contribution in [2.45, 2.75) is 6.92 Å². The number of nitrogen functional groups attached to an aromatic ring is 1. The molecule has 8 heteroatoms. The predicted octanol–water partition coefficient (Wildman–Crippen LogP) is 4.10. The molecule has 0 radical (unpaired) electrons. The van der Waals surface area contributed by atoms with Crippen LogP contribution in [0.2, 0.25) is 0 Å². The minimum Gasteiger partial charge on any atom is -0.496 e. The third-order valence-corrected chi connectivity index (χ3v) is 5.04. The van der Waals surface area contributed by atoms with E-state index in [-0.39, 0.29) is 5.82 Å². The summed E-state index contributed by atoms with van der Waals surface area (Å²) in [6.07, 6.45) is 0. The molecule has 0 atom stereocenters. The van der Waals surface area contributed by atoms with Crippen LogP contribution in [0.1, 0.15) is 5.56 Å². The normalized spacial score (nSPS) is 10.9. The Bertz CT molecular complexity index is 1120. The summed E-state index contributed by atoms with van der Waals surface area (Å²) >= 11 is 1.41. The molecule has 6 nitrogen and oxygen atoms in total. The average Bonchev–Trinajstić information content (AvgIpc) is 3.30. The third-order valence-electron chi connectivity index (χ3n) is 4.19. The van der Waals surface area contributed by atoms with Crippen LogP contribution in [0.3, 0.4) is 0 Å². The lowest BCUT2D eigenvalue weighted by molar-refractivity contribution is 0.416. The molecule has 0 aliphatic carbocycles. The average molecular weight is 381 g/mol. The highest BCUT2D eigenvalue weighted by atomic mass is 32.1. The van der Waals surface area contributed by atoms with Gasteiger partial charge in [0.1, 0.15) is 16.6 Å². The maximum absolute atomic E-state index is 13.9. The number of anilines is 1. The number of para-hydroxylation sites is 1. The highest BCUT2D eigenvalue weighted by molar-refractivity contribution is 7.13. The number of nitrogens with two attached hydrogens (primary N) is 1. The maximum atomic E-state index is 13.9. The van der Waals surface area contributed by atoms with Gasteiger partial charge in [-0.05, 0) is 36.8 Å². The first-order valence-electron chi connectivity index (χ1n) is 8.15. The highest BCUT2D eigenvalue weighted by Gasteiger charge is 2.18. The van der Waals surface area contributed by atoms with Crippen LogP contribution >= 0.6 is 11.3 Å². The lowest BCUT2D eigenvalue weighted by Gasteiger charge is -2.05. The number of nitrogens with zero attached hydrogens (tertiary/aromatic N) is 4. The Labute approximate surface area is 159 Å². The first kappa shape index (κ1) is 17.2. The summed E-state index contributed by atoms with van der Waals surface area (Å²) < 4.78 is 20.7. The van der Waals surface area contributed by atoms with Crippen molar-refractivity contribution in [1.29, 1.82) is 0 Å². The van der Waals surface area contributed by atoms with Crippen molar-refractivity contribution < 1.29 is 9.13 Å². The Kier molecular flexibility index (Phi) is 4.33. The zero-order valence-electron chi connectivity index (χ0n) is 14.7. The highest BCUT2D eigenvalue weighted by Crippen LogP contribution is 2.35. The summed E-state index contributed by atoms with van der Waals surface area (Å²) in [6.45, 7) is 1.70.